The smallest absolute Gasteiger partial charge is 0.313 e. The summed E-state index contributed by atoms with van der Waals surface area (Å²) in [5, 5.41) is 20.9. The lowest BCUT2D eigenvalue weighted by molar-refractivity contribution is -0.160. The van der Waals surface area contributed by atoms with Crippen molar-refractivity contribution in [3.05, 3.63) is 85.5 Å². The number of hydrogen-bond acceptors (Lipinski definition) is 9. The molecule has 2 N–H and O–H groups in total. The zero-order chi connectivity index (χ0) is 36.1. The first-order chi connectivity index (χ1) is 24.7. The van der Waals surface area contributed by atoms with Crippen LogP contribution in [0.3, 0.4) is 0 Å². The molecule has 0 saturated carbocycles. The van der Waals surface area contributed by atoms with E-state index in [1.165, 1.54) is 4.90 Å². The number of para-hydroxylation sites is 1. The fourth-order valence-electron chi connectivity index (χ4n) is 7.68. The fraction of sp³-hybridized carbons (Fsp3) is 0.459. The highest BCUT2D eigenvalue weighted by Gasteiger charge is 2.77. The summed E-state index contributed by atoms with van der Waals surface area (Å²) in [5.41, 5.74) is 0.779. The average molecular weight is 764 g/mol. The van der Waals surface area contributed by atoms with E-state index in [1.54, 1.807) is 21.7 Å². The highest BCUT2D eigenvalue weighted by atomic mass is 79.9. The molecular formula is C37H43BrN6O7. The molecule has 51 heavy (non-hydrogen) atoms. The Morgan fingerprint density at radius 1 is 1.14 bits per heavy atom. The number of benzene rings is 2. The molecule has 7 atom stereocenters. The van der Waals surface area contributed by atoms with Crippen molar-refractivity contribution in [2.45, 2.75) is 67.5 Å². The molecule has 0 aliphatic carbocycles. The predicted octanol–water partition coefficient (Wildman–Crippen LogP) is 3.29. The van der Waals surface area contributed by atoms with Gasteiger partial charge in [0.2, 0.25) is 17.7 Å². The first kappa shape index (κ1) is 36.4. The Morgan fingerprint density at radius 3 is 2.65 bits per heavy atom. The van der Waals surface area contributed by atoms with Crippen LogP contribution in [0.5, 0.6) is 0 Å². The maximum Gasteiger partial charge on any atom is 0.313 e. The number of halogens is 1. The third-order valence-electron chi connectivity index (χ3n) is 9.98. The van der Waals surface area contributed by atoms with Crippen LogP contribution in [0.25, 0.3) is 11.0 Å². The number of aliphatic hydroxyl groups excluding tert-OH is 1. The zero-order valence-corrected chi connectivity index (χ0v) is 29.9. The third kappa shape index (κ3) is 7.09. The Morgan fingerprint density at radius 2 is 1.90 bits per heavy atom. The van der Waals surface area contributed by atoms with Gasteiger partial charge in [0.15, 0.2) is 0 Å². The molecule has 3 fully saturated rings. The maximum absolute atomic E-state index is 14.8. The summed E-state index contributed by atoms with van der Waals surface area (Å²) in [7, 11) is 0. The van der Waals surface area contributed by atoms with Crippen molar-refractivity contribution in [2.24, 2.45) is 11.8 Å². The first-order valence-corrected chi connectivity index (χ1v) is 18.2. The highest BCUT2D eigenvalue weighted by Crippen LogP contribution is 2.60. The molecule has 13 nitrogen and oxygen atoms in total. The Bertz CT molecular complexity index is 1770. The lowest BCUT2D eigenvalue weighted by Gasteiger charge is -2.37. The number of alkyl halides is 1. The van der Waals surface area contributed by atoms with Crippen LogP contribution in [-0.2, 0) is 35.3 Å². The number of carbonyl (C=O) groups is 4. The molecule has 3 aliphatic rings. The lowest BCUT2D eigenvalue weighted by atomic mass is 9.70. The summed E-state index contributed by atoms with van der Waals surface area (Å²) >= 11 is 3.72. The lowest BCUT2D eigenvalue weighted by Crippen LogP contribution is -2.57. The van der Waals surface area contributed by atoms with Crippen LogP contribution in [0.1, 0.15) is 43.8 Å². The number of allylic oxidation sites excluding steroid dienone is 1. The average Bonchev–Trinajstić information content (AvgIpc) is 3.86. The Labute approximate surface area is 304 Å². The molecule has 1 spiro atoms. The second-order valence-corrected chi connectivity index (χ2v) is 14.3. The highest BCUT2D eigenvalue weighted by molar-refractivity contribution is 9.09. The minimum absolute atomic E-state index is 0.0351. The molecule has 4 heterocycles. The van der Waals surface area contributed by atoms with Gasteiger partial charge in [-0.3, -0.25) is 19.2 Å². The number of aliphatic hydroxyl groups is 1. The summed E-state index contributed by atoms with van der Waals surface area (Å²) in [6, 6.07) is 15.5. The molecule has 3 aliphatic heterocycles. The monoisotopic (exact) mass is 762 g/mol. The van der Waals surface area contributed by atoms with Gasteiger partial charge in [-0.2, -0.15) is 0 Å². The van der Waals surface area contributed by atoms with Crippen LogP contribution in [0.4, 0.5) is 0 Å². The number of esters is 1. The summed E-state index contributed by atoms with van der Waals surface area (Å²) in [6.07, 6.45) is 3.66. The van der Waals surface area contributed by atoms with Crippen LogP contribution in [0.2, 0.25) is 0 Å². The van der Waals surface area contributed by atoms with Crippen LogP contribution < -0.4 is 5.32 Å². The standard InChI is InChI=1S/C37H43BrN6O7/c1-3-5-17-29(46)39-22-28(24-13-7-6-8-14-24)50-36(49)30-31-34(47)43(19-11-12-20-45)33(37(31)21-25(38)32(30)51-37)35(48)42(18-4-2)23-44-27-16-10-9-15-26(27)40-41-44/h3-4,6-10,13-16,25,28,30-33,45H,1-2,5,11-12,17-23H2,(H,39,46)/t25?,28-,30-,31+,32-,33-,37+/m1/s1. The molecular weight excluding hydrogens is 720 g/mol. The summed E-state index contributed by atoms with van der Waals surface area (Å²) in [6.45, 7) is 7.89. The number of rotatable bonds is 17. The van der Waals surface area contributed by atoms with Gasteiger partial charge in [0.25, 0.3) is 0 Å². The number of fused-ring (bicyclic) bond motifs is 2. The molecule has 6 rings (SSSR count). The third-order valence-corrected chi connectivity index (χ3v) is 10.8. The normalized spacial score (nSPS) is 25.4. The molecule has 1 unspecified atom stereocenters. The van der Waals surface area contributed by atoms with Crippen LogP contribution in [0.15, 0.2) is 79.9 Å². The zero-order valence-electron chi connectivity index (χ0n) is 28.3. The molecule has 14 heteroatoms. The van der Waals surface area contributed by atoms with E-state index in [4.69, 9.17) is 9.47 Å². The van der Waals surface area contributed by atoms with E-state index in [9.17, 15) is 24.3 Å². The van der Waals surface area contributed by atoms with Crippen LogP contribution in [-0.4, -0.2) is 102 Å². The molecule has 1 aromatic heterocycles. The minimum Gasteiger partial charge on any atom is -0.455 e. The second-order valence-electron chi connectivity index (χ2n) is 13.2. The van der Waals surface area contributed by atoms with Crippen molar-refractivity contribution in [3.63, 3.8) is 0 Å². The largest absolute Gasteiger partial charge is 0.455 e. The van der Waals surface area contributed by atoms with Gasteiger partial charge in [-0.05, 0) is 43.4 Å². The van der Waals surface area contributed by atoms with E-state index in [-0.39, 0.29) is 61.9 Å². The number of likely N-dealkylation sites (tertiary alicyclic amines) is 1. The van der Waals surface area contributed by atoms with E-state index in [0.717, 1.165) is 5.52 Å². The maximum atomic E-state index is 14.8. The van der Waals surface area contributed by atoms with E-state index in [0.29, 0.717) is 36.8 Å². The van der Waals surface area contributed by atoms with Gasteiger partial charge in [0.05, 0.1) is 30.0 Å². The van der Waals surface area contributed by atoms with Gasteiger partial charge in [-0.15, -0.1) is 18.3 Å². The van der Waals surface area contributed by atoms with Gasteiger partial charge in [-0.25, -0.2) is 4.68 Å². The predicted molar refractivity (Wildman–Crippen MR) is 191 cm³/mol. The molecule has 0 radical (unpaired) electrons. The van der Waals surface area contributed by atoms with E-state index >= 15 is 0 Å². The van der Waals surface area contributed by atoms with E-state index < -0.39 is 41.7 Å². The van der Waals surface area contributed by atoms with E-state index in [2.05, 4.69) is 44.7 Å². The van der Waals surface area contributed by atoms with Gasteiger partial charge < -0.3 is 29.7 Å². The summed E-state index contributed by atoms with van der Waals surface area (Å²) in [5.74, 6) is -3.57. The quantitative estimate of drug-likeness (QED) is 0.0913. The topological polar surface area (TPSA) is 156 Å². The number of carbonyl (C=O) groups excluding carboxylic acids is 4. The number of nitrogens with zero attached hydrogens (tertiary/aromatic N) is 5. The molecule has 270 valence electrons. The number of aromatic nitrogens is 3. The van der Waals surface area contributed by atoms with Crippen LogP contribution >= 0.6 is 15.9 Å². The minimum atomic E-state index is -1.32. The molecule has 3 saturated heterocycles. The number of unbranched alkanes of at least 4 members (excludes halogenated alkanes) is 1. The first-order valence-electron chi connectivity index (χ1n) is 17.3. The van der Waals surface area contributed by atoms with Crippen molar-refractivity contribution in [2.75, 3.05) is 26.2 Å². The van der Waals surface area contributed by atoms with Gasteiger partial charge in [0, 0.05) is 30.9 Å². The summed E-state index contributed by atoms with van der Waals surface area (Å²) < 4.78 is 14.5. The van der Waals surface area contributed by atoms with Crippen molar-refractivity contribution in [1.29, 1.82) is 0 Å². The van der Waals surface area contributed by atoms with Crippen molar-refractivity contribution in [1.82, 2.24) is 30.1 Å². The number of nitrogens with one attached hydrogen (secondary N) is 1. The fourth-order valence-corrected chi connectivity index (χ4v) is 8.63. The van der Waals surface area contributed by atoms with Crippen molar-refractivity contribution >= 4 is 50.7 Å². The van der Waals surface area contributed by atoms with Gasteiger partial charge in [-0.1, -0.05) is 75.8 Å². The Kier molecular flexibility index (Phi) is 11.3. The number of hydrogen-bond donors (Lipinski definition) is 2. The SMILES string of the molecule is C=CCCC(=O)NC[C@@H](OC(=O)[C@H]1[C@@H]2O[C@@]3(CC2Br)[C@@H]1C(=O)N(CCCCO)[C@@H]3C(=O)N(CC=C)Cn1nnc2ccccc21)c1ccccc1. The van der Waals surface area contributed by atoms with Gasteiger partial charge >= 0.3 is 5.97 Å². The molecule has 3 aromatic rings. The van der Waals surface area contributed by atoms with Crippen LogP contribution in [0, 0.1) is 11.8 Å². The Balaban J connectivity index is 1.31. The second kappa shape index (κ2) is 15.9. The van der Waals surface area contributed by atoms with E-state index in [1.807, 2.05) is 54.6 Å². The molecule has 3 amide bonds. The number of amides is 3. The van der Waals surface area contributed by atoms with Crippen molar-refractivity contribution < 1.29 is 33.8 Å². The molecule has 2 bridgehead atoms. The number of ether oxygens (including phenoxy) is 2. The summed E-state index contributed by atoms with van der Waals surface area (Å²) in [4.78, 5) is 58.9. The van der Waals surface area contributed by atoms with Crippen molar-refractivity contribution in [3.8, 4) is 0 Å². The Hall–Kier alpha value is -4.40. The van der Waals surface area contributed by atoms with Gasteiger partial charge in [0.1, 0.15) is 29.9 Å². The molecule has 2 aromatic carbocycles.